The summed E-state index contributed by atoms with van der Waals surface area (Å²) in [4.78, 5) is 21.4. The van der Waals surface area contributed by atoms with Gasteiger partial charge in [-0.25, -0.2) is 31.6 Å². The third kappa shape index (κ3) is 4.12. The van der Waals surface area contributed by atoms with Gasteiger partial charge in [0.15, 0.2) is 0 Å². The van der Waals surface area contributed by atoms with E-state index in [0.717, 1.165) is 16.6 Å². The largest absolute Gasteiger partial charge is 0.363 e. The Balaban J connectivity index is 1.79. The molecule has 1 aliphatic rings. The fourth-order valence-corrected chi connectivity index (χ4v) is 5.08. The van der Waals surface area contributed by atoms with Crippen LogP contribution in [0.3, 0.4) is 0 Å². The number of alkyl halides is 2. The summed E-state index contributed by atoms with van der Waals surface area (Å²) in [5.41, 5.74) is -2.30. The zero-order valence-corrected chi connectivity index (χ0v) is 19.8. The lowest BCUT2D eigenvalue weighted by atomic mass is 9.77. The van der Waals surface area contributed by atoms with Crippen LogP contribution in [-0.2, 0) is 22.5 Å². The lowest BCUT2D eigenvalue weighted by Gasteiger charge is -2.43. The predicted molar refractivity (Wildman–Crippen MR) is 122 cm³/mol. The Hall–Kier alpha value is -3.50. The number of benzene rings is 1. The number of aryl methyl sites for hydroxylation is 1. The number of aromatic nitrogens is 3. The van der Waals surface area contributed by atoms with Crippen LogP contribution in [0.25, 0.3) is 11.0 Å². The molecule has 1 saturated heterocycles. The number of hydrogen-bond donors (Lipinski definition) is 1. The molecule has 2 aromatic heterocycles. The van der Waals surface area contributed by atoms with E-state index >= 15 is 0 Å². The second-order valence-electron chi connectivity index (χ2n) is 8.52. The molecule has 0 saturated carbocycles. The molecule has 0 bridgehead atoms. The van der Waals surface area contributed by atoms with Crippen molar-refractivity contribution in [1.82, 2.24) is 18.8 Å². The van der Waals surface area contributed by atoms with Crippen molar-refractivity contribution >= 4 is 26.9 Å². The number of pyridine rings is 1. The van der Waals surface area contributed by atoms with Gasteiger partial charge in [-0.1, -0.05) is 18.2 Å². The van der Waals surface area contributed by atoms with Crippen LogP contribution in [0.2, 0.25) is 0 Å². The van der Waals surface area contributed by atoms with Gasteiger partial charge in [0.25, 0.3) is 12.0 Å². The molecule has 1 aromatic carbocycles. The summed E-state index contributed by atoms with van der Waals surface area (Å²) in [6, 6.07) is 6.44. The smallest absolute Gasteiger partial charge is 0.266 e. The molecule has 0 amide bonds. The quantitative estimate of drug-likeness (QED) is 0.546. The first-order chi connectivity index (χ1) is 16.4. The van der Waals surface area contributed by atoms with Gasteiger partial charge in [0.1, 0.15) is 29.0 Å². The number of rotatable bonds is 6. The molecule has 1 atom stereocenters. The molecule has 0 spiro atoms. The monoisotopic (exact) mass is 506 g/mol. The third-order valence-electron chi connectivity index (χ3n) is 6.21. The van der Waals surface area contributed by atoms with E-state index in [9.17, 15) is 31.6 Å². The van der Waals surface area contributed by atoms with Crippen LogP contribution in [0.15, 0.2) is 35.4 Å². The Morgan fingerprint density at radius 1 is 1.23 bits per heavy atom. The predicted octanol–water partition coefficient (Wildman–Crippen LogP) is 2.61. The standard InChI is InChI=1S/C22H21F3N6O3S/c1-12(13-5-4-6-14(17(13)23)18(24)25)29-19-15-7-16(21(32)30(2)20(15)28-11-27-19)22(8-26)9-31(10-22)35(3,33)34/h4-7,11-12,18H,9-10H2,1-3H3,(H,27,28,29)/t12-/m1/s1. The highest BCUT2D eigenvalue weighted by atomic mass is 32.2. The number of anilines is 1. The van der Waals surface area contributed by atoms with Crippen molar-refractivity contribution in [1.29, 1.82) is 5.26 Å². The lowest BCUT2D eigenvalue weighted by Crippen LogP contribution is -2.61. The molecule has 0 unspecified atom stereocenters. The van der Waals surface area contributed by atoms with Gasteiger partial charge in [-0.05, 0) is 13.0 Å². The number of sulfonamides is 1. The molecule has 1 N–H and O–H groups in total. The summed E-state index contributed by atoms with van der Waals surface area (Å²) < 4.78 is 67.0. The number of fused-ring (bicyclic) bond motifs is 1. The fraction of sp³-hybridized carbons (Fsp3) is 0.364. The molecule has 4 rings (SSSR count). The van der Waals surface area contributed by atoms with E-state index < -0.39 is 44.8 Å². The lowest BCUT2D eigenvalue weighted by molar-refractivity contribution is 0.146. The summed E-state index contributed by atoms with van der Waals surface area (Å²) in [6.45, 7) is 1.21. The van der Waals surface area contributed by atoms with Crippen molar-refractivity contribution in [2.45, 2.75) is 24.8 Å². The molecular formula is C22H21F3N6O3S. The number of hydrogen-bond acceptors (Lipinski definition) is 7. The second kappa shape index (κ2) is 8.62. The Kier molecular flexibility index (Phi) is 6.06. The molecule has 0 aliphatic carbocycles. The van der Waals surface area contributed by atoms with Crippen molar-refractivity contribution in [3.8, 4) is 6.07 Å². The average Bonchev–Trinajstić information content (AvgIpc) is 2.76. The van der Waals surface area contributed by atoms with Gasteiger partial charge in [-0.3, -0.25) is 9.36 Å². The summed E-state index contributed by atoms with van der Waals surface area (Å²) in [6.07, 6.45) is -0.765. The maximum absolute atomic E-state index is 14.7. The van der Waals surface area contributed by atoms with Crippen LogP contribution in [0, 0.1) is 17.1 Å². The number of nitrogens with zero attached hydrogens (tertiary/aromatic N) is 5. The molecule has 1 fully saturated rings. The van der Waals surface area contributed by atoms with E-state index in [4.69, 9.17) is 0 Å². The van der Waals surface area contributed by atoms with Gasteiger partial charge >= 0.3 is 0 Å². The number of nitriles is 1. The van der Waals surface area contributed by atoms with Gasteiger partial charge in [0, 0.05) is 31.3 Å². The average molecular weight is 507 g/mol. The van der Waals surface area contributed by atoms with E-state index in [-0.39, 0.29) is 35.7 Å². The Morgan fingerprint density at radius 2 is 1.89 bits per heavy atom. The minimum atomic E-state index is -3.54. The van der Waals surface area contributed by atoms with Crippen molar-refractivity contribution in [2.75, 3.05) is 24.7 Å². The first kappa shape index (κ1) is 24.6. The minimum absolute atomic E-state index is 0.00381. The highest BCUT2D eigenvalue weighted by molar-refractivity contribution is 7.88. The first-order valence-electron chi connectivity index (χ1n) is 10.4. The normalized spacial score (nSPS) is 16.6. The van der Waals surface area contributed by atoms with Crippen LogP contribution in [0.4, 0.5) is 19.0 Å². The van der Waals surface area contributed by atoms with E-state index in [0.29, 0.717) is 5.39 Å². The van der Waals surface area contributed by atoms with Gasteiger partial charge < -0.3 is 5.32 Å². The topological polar surface area (TPSA) is 121 Å². The van der Waals surface area contributed by atoms with Gasteiger partial charge in [0.2, 0.25) is 10.0 Å². The molecule has 184 valence electrons. The zero-order valence-electron chi connectivity index (χ0n) is 19.0. The molecule has 0 radical (unpaired) electrons. The van der Waals surface area contributed by atoms with Crippen molar-refractivity contribution in [3.63, 3.8) is 0 Å². The van der Waals surface area contributed by atoms with Crippen LogP contribution in [0.5, 0.6) is 0 Å². The highest BCUT2D eigenvalue weighted by Crippen LogP contribution is 2.36. The van der Waals surface area contributed by atoms with E-state index in [1.54, 1.807) is 6.92 Å². The Morgan fingerprint density at radius 3 is 2.49 bits per heavy atom. The Bertz CT molecular complexity index is 1530. The number of nitrogens with one attached hydrogen (secondary N) is 1. The van der Waals surface area contributed by atoms with Crippen LogP contribution < -0.4 is 10.9 Å². The molecule has 9 nitrogen and oxygen atoms in total. The molecule has 3 heterocycles. The van der Waals surface area contributed by atoms with Crippen LogP contribution in [-0.4, -0.2) is 46.6 Å². The van der Waals surface area contributed by atoms with E-state index in [1.807, 2.05) is 0 Å². The molecule has 13 heteroatoms. The van der Waals surface area contributed by atoms with Crippen molar-refractivity contribution in [3.05, 3.63) is 63.5 Å². The van der Waals surface area contributed by atoms with Crippen LogP contribution >= 0.6 is 0 Å². The first-order valence-corrected chi connectivity index (χ1v) is 12.3. The Labute approximate surface area is 198 Å². The molecule has 35 heavy (non-hydrogen) atoms. The van der Waals surface area contributed by atoms with Gasteiger partial charge in [0.05, 0.1) is 29.3 Å². The van der Waals surface area contributed by atoms with E-state index in [1.165, 1.54) is 36.1 Å². The molecule has 1 aliphatic heterocycles. The summed E-state index contributed by atoms with van der Waals surface area (Å²) in [5.74, 6) is -0.846. The van der Waals surface area contributed by atoms with Gasteiger partial charge in [-0.15, -0.1) is 0 Å². The second-order valence-corrected chi connectivity index (χ2v) is 10.5. The number of halogens is 3. The van der Waals surface area contributed by atoms with Crippen molar-refractivity contribution < 1.29 is 21.6 Å². The molecular weight excluding hydrogens is 485 g/mol. The molecule has 3 aromatic rings. The third-order valence-corrected chi connectivity index (χ3v) is 7.40. The van der Waals surface area contributed by atoms with Crippen molar-refractivity contribution in [2.24, 2.45) is 7.05 Å². The minimum Gasteiger partial charge on any atom is -0.363 e. The summed E-state index contributed by atoms with van der Waals surface area (Å²) in [7, 11) is -2.09. The maximum Gasteiger partial charge on any atom is 0.266 e. The zero-order chi connectivity index (χ0) is 25.7. The van der Waals surface area contributed by atoms with Gasteiger partial charge in [-0.2, -0.15) is 9.57 Å². The van der Waals surface area contributed by atoms with E-state index in [2.05, 4.69) is 21.4 Å². The summed E-state index contributed by atoms with van der Waals surface area (Å²) >= 11 is 0. The van der Waals surface area contributed by atoms with Crippen LogP contribution in [0.1, 0.15) is 36.1 Å². The highest BCUT2D eigenvalue weighted by Gasteiger charge is 2.50. The fourth-order valence-electron chi connectivity index (χ4n) is 4.17. The summed E-state index contributed by atoms with van der Waals surface area (Å²) in [5, 5.41) is 13.2. The maximum atomic E-state index is 14.7. The SMILES string of the molecule is C[C@@H](Nc1ncnc2c1cc(C1(C#N)CN(S(C)(=O)=O)C1)c(=O)n2C)c1cccc(C(F)F)c1F.